The molecule has 152 valence electrons. The van der Waals surface area contributed by atoms with E-state index in [-0.39, 0.29) is 11.5 Å². The van der Waals surface area contributed by atoms with Gasteiger partial charge in [-0.1, -0.05) is 55.5 Å². The van der Waals surface area contributed by atoms with Gasteiger partial charge >= 0.3 is 0 Å². The summed E-state index contributed by atoms with van der Waals surface area (Å²) < 4.78 is 1.37. The van der Waals surface area contributed by atoms with Crippen molar-refractivity contribution in [2.75, 3.05) is 6.54 Å². The van der Waals surface area contributed by atoms with E-state index in [4.69, 9.17) is 0 Å². The monoisotopic (exact) mass is 399 g/mol. The van der Waals surface area contributed by atoms with E-state index in [1.165, 1.54) is 39.1 Å². The van der Waals surface area contributed by atoms with Crippen molar-refractivity contribution in [1.29, 1.82) is 0 Å². The number of amides is 1. The molecule has 1 amide bonds. The highest BCUT2D eigenvalue weighted by Crippen LogP contribution is 2.55. The summed E-state index contributed by atoms with van der Waals surface area (Å²) in [5, 5.41) is 7.32. The van der Waals surface area contributed by atoms with Gasteiger partial charge in [0.05, 0.1) is 0 Å². The minimum atomic E-state index is -0.220. The molecule has 0 unspecified atom stereocenters. The van der Waals surface area contributed by atoms with Gasteiger partial charge in [0.15, 0.2) is 0 Å². The zero-order valence-electron chi connectivity index (χ0n) is 17.0. The summed E-state index contributed by atoms with van der Waals surface area (Å²) in [6.07, 6.45) is 1.82. The molecule has 2 bridgehead atoms. The number of nitrogens with zero attached hydrogens (tertiary/aromatic N) is 2. The van der Waals surface area contributed by atoms with Crippen LogP contribution in [0.3, 0.4) is 0 Å². The lowest BCUT2D eigenvalue weighted by molar-refractivity contribution is 0.0935. The first kappa shape index (κ1) is 18.8. The second-order valence-corrected chi connectivity index (χ2v) is 8.27. The van der Waals surface area contributed by atoms with Crippen LogP contribution in [0.25, 0.3) is 0 Å². The smallest absolute Gasteiger partial charge is 0.271 e. The van der Waals surface area contributed by atoms with Crippen molar-refractivity contribution in [3.05, 3.63) is 99.0 Å². The molecular formula is C25H25N3O2. The Morgan fingerprint density at radius 2 is 1.63 bits per heavy atom. The number of benzene rings is 2. The number of hydrogen-bond acceptors (Lipinski definition) is 3. The van der Waals surface area contributed by atoms with E-state index in [2.05, 4.69) is 58.9 Å². The zero-order valence-corrected chi connectivity index (χ0v) is 17.0. The molecule has 30 heavy (non-hydrogen) atoms. The highest BCUT2D eigenvalue weighted by Gasteiger charge is 2.42. The van der Waals surface area contributed by atoms with E-state index in [1.54, 1.807) is 0 Å². The van der Waals surface area contributed by atoms with Gasteiger partial charge in [-0.15, -0.1) is 0 Å². The topological polar surface area (TPSA) is 64.0 Å². The number of carbonyl (C=O) groups excluding carboxylic acids is 1. The van der Waals surface area contributed by atoms with Crippen LogP contribution < -0.4 is 10.9 Å². The quantitative estimate of drug-likeness (QED) is 0.712. The van der Waals surface area contributed by atoms with Crippen LogP contribution in [0, 0.1) is 5.92 Å². The summed E-state index contributed by atoms with van der Waals surface area (Å²) >= 11 is 0. The molecule has 1 N–H and O–H groups in total. The molecule has 2 aromatic carbocycles. The first-order valence-corrected chi connectivity index (χ1v) is 10.7. The van der Waals surface area contributed by atoms with Crippen LogP contribution in [-0.4, -0.2) is 22.2 Å². The fourth-order valence-corrected chi connectivity index (χ4v) is 5.22. The number of hydrogen-bond donors (Lipinski definition) is 1. The molecule has 3 aliphatic carbocycles. The largest absolute Gasteiger partial charge is 0.350 e. The Kier molecular flexibility index (Phi) is 4.74. The summed E-state index contributed by atoms with van der Waals surface area (Å²) in [6.45, 7) is 3.09. The fourth-order valence-electron chi connectivity index (χ4n) is 5.22. The SMILES string of the molecule is CCCn1nc(C(=O)NC[C@H]2CC3c4ccccc4C2c2ccccc23)ccc1=O. The molecule has 1 aromatic heterocycles. The van der Waals surface area contributed by atoms with E-state index in [0.29, 0.717) is 36.5 Å². The van der Waals surface area contributed by atoms with Crippen LogP contribution in [-0.2, 0) is 6.54 Å². The number of rotatable bonds is 5. The van der Waals surface area contributed by atoms with Crippen LogP contribution in [0.5, 0.6) is 0 Å². The predicted octanol–water partition coefficient (Wildman–Crippen LogP) is 3.68. The zero-order chi connectivity index (χ0) is 20.7. The second kappa shape index (κ2) is 7.56. The number of aromatic nitrogens is 2. The third-order valence-corrected chi connectivity index (χ3v) is 6.48. The number of fused-ring (bicyclic) bond motifs is 1. The van der Waals surface area contributed by atoms with Crippen LogP contribution in [0.2, 0.25) is 0 Å². The van der Waals surface area contributed by atoms with E-state index in [9.17, 15) is 9.59 Å². The Labute approximate surface area is 175 Å². The van der Waals surface area contributed by atoms with Crippen molar-refractivity contribution in [1.82, 2.24) is 15.1 Å². The van der Waals surface area contributed by atoms with Crippen molar-refractivity contribution in [3.8, 4) is 0 Å². The van der Waals surface area contributed by atoms with Gasteiger partial charge in [-0.25, -0.2) is 4.68 Å². The summed E-state index contributed by atoms with van der Waals surface area (Å²) in [5.41, 5.74) is 5.76. The Morgan fingerprint density at radius 1 is 1.00 bits per heavy atom. The Hall–Kier alpha value is -3.21. The molecule has 0 fully saturated rings. The first-order chi connectivity index (χ1) is 14.7. The standard InChI is InChI=1S/C25H25N3O2/c1-2-13-28-23(29)12-11-22(27-28)25(30)26-15-16-14-21-17-7-3-5-9-19(17)24(16)20-10-6-4-8-18(20)21/h3-12,16,21,24H,2,13-15H2,1H3,(H,26,30)/t16-,21?,24?/m1/s1. The maximum atomic E-state index is 12.8. The minimum Gasteiger partial charge on any atom is -0.350 e. The van der Waals surface area contributed by atoms with Crippen LogP contribution >= 0.6 is 0 Å². The fraction of sp³-hybridized carbons (Fsp3) is 0.320. The van der Waals surface area contributed by atoms with E-state index in [0.717, 1.165) is 12.8 Å². The van der Waals surface area contributed by atoms with Crippen molar-refractivity contribution in [2.45, 2.75) is 38.1 Å². The maximum Gasteiger partial charge on any atom is 0.271 e. The molecule has 0 spiro atoms. The second-order valence-electron chi connectivity index (χ2n) is 8.27. The highest BCUT2D eigenvalue weighted by atomic mass is 16.2. The lowest BCUT2D eigenvalue weighted by Crippen LogP contribution is -2.40. The molecule has 3 aliphatic rings. The van der Waals surface area contributed by atoms with Crippen LogP contribution in [0.15, 0.2) is 65.5 Å². The van der Waals surface area contributed by atoms with Gasteiger partial charge in [-0.05, 0) is 47.1 Å². The van der Waals surface area contributed by atoms with E-state index < -0.39 is 0 Å². The summed E-state index contributed by atoms with van der Waals surface area (Å²) in [6, 6.07) is 20.4. The number of carbonyl (C=O) groups is 1. The van der Waals surface area contributed by atoms with Crippen LogP contribution in [0.1, 0.15) is 64.3 Å². The normalized spacial score (nSPS) is 21.0. The average molecular weight is 399 g/mol. The maximum absolute atomic E-state index is 12.8. The minimum absolute atomic E-state index is 0.175. The molecule has 0 saturated carbocycles. The van der Waals surface area contributed by atoms with Gasteiger partial charge in [-0.3, -0.25) is 9.59 Å². The van der Waals surface area contributed by atoms with Gasteiger partial charge in [0, 0.05) is 31.0 Å². The molecule has 3 aromatic rings. The van der Waals surface area contributed by atoms with Gasteiger partial charge < -0.3 is 5.32 Å². The van der Waals surface area contributed by atoms with Crippen molar-refractivity contribution in [2.24, 2.45) is 5.92 Å². The molecule has 6 rings (SSSR count). The summed E-state index contributed by atoms with van der Waals surface area (Å²) in [5.74, 6) is 0.798. The summed E-state index contributed by atoms with van der Waals surface area (Å²) in [7, 11) is 0. The third-order valence-electron chi connectivity index (χ3n) is 6.48. The third kappa shape index (κ3) is 3.05. The number of nitrogens with one attached hydrogen (secondary N) is 1. The molecule has 0 radical (unpaired) electrons. The molecule has 5 heteroatoms. The first-order valence-electron chi connectivity index (χ1n) is 10.7. The van der Waals surface area contributed by atoms with E-state index >= 15 is 0 Å². The van der Waals surface area contributed by atoms with Gasteiger partial charge in [0.2, 0.25) is 0 Å². The summed E-state index contributed by atoms with van der Waals surface area (Å²) in [4.78, 5) is 24.6. The Balaban J connectivity index is 1.39. The molecular weight excluding hydrogens is 374 g/mol. The Bertz CT molecular complexity index is 1120. The molecule has 1 heterocycles. The van der Waals surface area contributed by atoms with E-state index in [1.807, 2.05) is 6.92 Å². The lowest BCUT2D eigenvalue weighted by atomic mass is 9.59. The van der Waals surface area contributed by atoms with Crippen molar-refractivity contribution >= 4 is 5.91 Å². The van der Waals surface area contributed by atoms with Gasteiger partial charge in [0.25, 0.3) is 11.5 Å². The number of aryl methyl sites for hydroxylation is 1. The Morgan fingerprint density at radius 3 is 2.27 bits per heavy atom. The van der Waals surface area contributed by atoms with Crippen LogP contribution in [0.4, 0.5) is 0 Å². The molecule has 0 saturated heterocycles. The molecule has 1 atom stereocenters. The lowest BCUT2D eigenvalue weighted by Gasteiger charge is -2.45. The molecule has 0 aliphatic heterocycles. The van der Waals surface area contributed by atoms with Gasteiger partial charge in [0.1, 0.15) is 5.69 Å². The van der Waals surface area contributed by atoms with Crippen molar-refractivity contribution < 1.29 is 4.79 Å². The average Bonchev–Trinajstić information content (AvgIpc) is 2.79. The van der Waals surface area contributed by atoms with Crippen molar-refractivity contribution in [3.63, 3.8) is 0 Å². The van der Waals surface area contributed by atoms with Gasteiger partial charge in [-0.2, -0.15) is 5.10 Å². The highest BCUT2D eigenvalue weighted by molar-refractivity contribution is 5.92. The predicted molar refractivity (Wildman–Crippen MR) is 116 cm³/mol. The molecule has 5 nitrogen and oxygen atoms in total.